The molecular weight excluding hydrogens is 429 g/mol. The van der Waals surface area contributed by atoms with Crippen LogP contribution in [0.2, 0.25) is 5.02 Å². The van der Waals surface area contributed by atoms with Gasteiger partial charge in [0.15, 0.2) is 0 Å². The molecule has 3 rings (SSSR count). The van der Waals surface area contributed by atoms with E-state index in [1.165, 1.54) is 0 Å². The molecule has 0 radical (unpaired) electrons. The molecule has 30 heavy (non-hydrogen) atoms. The maximum Gasteiger partial charge on any atom is 0.251 e. The van der Waals surface area contributed by atoms with Gasteiger partial charge < -0.3 is 5.32 Å². The number of rotatable bonds is 8. The van der Waals surface area contributed by atoms with E-state index in [1.807, 2.05) is 18.2 Å². The number of hydrogen-bond donors (Lipinski definition) is 2. The average molecular weight is 448 g/mol. The van der Waals surface area contributed by atoms with Crippen molar-refractivity contribution in [3.63, 3.8) is 0 Å². The molecule has 3 aromatic rings. The highest BCUT2D eigenvalue weighted by Gasteiger charge is 2.15. The largest absolute Gasteiger partial charge is 0.352 e. The lowest BCUT2D eigenvalue weighted by Crippen LogP contribution is -2.26. The minimum absolute atomic E-state index is 0.0128. The summed E-state index contributed by atoms with van der Waals surface area (Å²) >= 11 is 5.65. The topological polar surface area (TPSA) is 88.2 Å². The zero-order valence-electron chi connectivity index (χ0n) is 15.8. The first-order chi connectivity index (χ1) is 14.3. The van der Waals surface area contributed by atoms with Crippen LogP contribution in [0.4, 0.5) is 4.39 Å². The van der Waals surface area contributed by atoms with Gasteiger partial charge >= 0.3 is 0 Å². The minimum Gasteiger partial charge on any atom is -0.352 e. The second-order valence-corrected chi connectivity index (χ2v) is 8.60. The molecule has 156 valence electrons. The highest BCUT2D eigenvalue weighted by Crippen LogP contribution is 2.19. The third kappa shape index (κ3) is 5.85. The van der Waals surface area contributed by atoms with Gasteiger partial charge in [0.1, 0.15) is 5.82 Å². The predicted molar refractivity (Wildman–Crippen MR) is 112 cm³/mol. The molecule has 0 atom stereocenters. The normalized spacial score (nSPS) is 11.3. The molecule has 0 saturated heterocycles. The smallest absolute Gasteiger partial charge is 0.251 e. The molecule has 2 aromatic carbocycles. The van der Waals surface area contributed by atoms with Crippen LogP contribution in [0.3, 0.4) is 0 Å². The molecule has 2 N–H and O–H groups in total. The summed E-state index contributed by atoms with van der Waals surface area (Å²) in [5.41, 5.74) is 2.02. The van der Waals surface area contributed by atoms with Gasteiger partial charge in [-0.1, -0.05) is 29.8 Å². The summed E-state index contributed by atoms with van der Waals surface area (Å²) in [4.78, 5) is 16.3. The molecule has 0 spiro atoms. The first kappa shape index (κ1) is 21.9. The van der Waals surface area contributed by atoms with Crippen LogP contribution < -0.4 is 10.0 Å². The number of nitrogens with zero attached hydrogens (tertiary/aromatic N) is 1. The molecule has 0 fully saturated rings. The lowest BCUT2D eigenvalue weighted by atomic mass is 10.1. The van der Waals surface area contributed by atoms with Crippen LogP contribution in [-0.2, 0) is 23.0 Å². The minimum atomic E-state index is -3.85. The van der Waals surface area contributed by atoms with Crippen molar-refractivity contribution in [3.8, 4) is 0 Å². The van der Waals surface area contributed by atoms with Crippen LogP contribution in [0.5, 0.6) is 0 Å². The molecule has 0 saturated carbocycles. The summed E-state index contributed by atoms with van der Waals surface area (Å²) in [7, 11) is -3.85. The monoisotopic (exact) mass is 447 g/mol. The van der Waals surface area contributed by atoms with Gasteiger partial charge in [0.05, 0.1) is 9.92 Å². The number of hydrogen-bond acceptors (Lipinski definition) is 4. The van der Waals surface area contributed by atoms with E-state index in [0.717, 1.165) is 23.9 Å². The fraction of sp³-hybridized carbons (Fsp3) is 0.143. The van der Waals surface area contributed by atoms with E-state index in [2.05, 4.69) is 15.0 Å². The fourth-order valence-electron chi connectivity index (χ4n) is 2.63. The van der Waals surface area contributed by atoms with Crippen molar-refractivity contribution in [2.75, 3.05) is 6.54 Å². The quantitative estimate of drug-likeness (QED) is 0.554. The van der Waals surface area contributed by atoms with Gasteiger partial charge in [0.2, 0.25) is 10.0 Å². The number of nitrogens with one attached hydrogen (secondary N) is 2. The first-order valence-electron chi connectivity index (χ1n) is 9.07. The molecule has 0 aliphatic carbocycles. The Morgan fingerprint density at radius 1 is 1.07 bits per heavy atom. The maximum absolute atomic E-state index is 13.2. The van der Waals surface area contributed by atoms with Gasteiger partial charge in [-0.15, -0.1) is 0 Å². The Hall–Kier alpha value is -2.81. The van der Waals surface area contributed by atoms with E-state index in [1.54, 1.807) is 30.5 Å². The summed E-state index contributed by atoms with van der Waals surface area (Å²) in [5, 5.41) is 2.55. The Labute approximate surface area is 179 Å². The summed E-state index contributed by atoms with van der Waals surface area (Å²) in [6.07, 6.45) is 2.33. The van der Waals surface area contributed by atoms with E-state index in [-0.39, 0.29) is 22.4 Å². The van der Waals surface area contributed by atoms with Crippen LogP contribution in [0.25, 0.3) is 0 Å². The second-order valence-electron chi connectivity index (χ2n) is 6.42. The SMILES string of the molecule is O=C(NCCc1ccccn1)c1ccc(CNS(=O)(=O)c2ccc(F)c(Cl)c2)cc1. The molecule has 9 heteroatoms. The molecule has 1 aromatic heterocycles. The summed E-state index contributed by atoms with van der Waals surface area (Å²) in [5.74, 6) is -0.913. The van der Waals surface area contributed by atoms with Gasteiger partial charge in [0, 0.05) is 37.0 Å². The van der Waals surface area contributed by atoms with E-state index in [4.69, 9.17) is 11.6 Å². The average Bonchev–Trinajstić information content (AvgIpc) is 2.75. The maximum atomic E-state index is 13.2. The number of aromatic nitrogens is 1. The van der Waals surface area contributed by atoms with Gasteiger partial charge in [-0.25, -0.2) is 17.5 Å². The van der Waals surface area contributed by atoms with Crippen LogP contribution in [-0.4, -0.2) is 25.9 Å². The van der Waals surface area contributed by atoms with Crippen molar-refractivity contribution in [3.05, 3.63) is 94.5 Å². The van der Waals surface area contributed by atoms with Crippen LogP contribution >= 0.6 is 11.6 Å². The zero-order valence-corrected chi connectivity index (χ0v) is 17.4. The summed E-state index contributed by atoms with van der Waals surface area (Å²) < 4.78 is 40.3. The Morgan fingerprint density at radius 3 is 2.50 bits per heavy atom. The van der Waals surface area contributed by atoms with Crippen molar-refractivity contribution in [2.45, 2.75) is 17.9 Å². The van der Waals surface area contributed by atoms with Crippen molar-refractivity contribution in [2.24, 2.45) is 0 Å². The van der Waals surface area contributed by atoms with Gasteiger partial charge in [-0.2, -0.15) is 0 Å². The van der Waals surface area contributed by atoms with Crippen molar-refractivity contribution in [1.29, 1.82) is 0 Å². The van der Waals surface area contributed by atoms with Crippen molar-refractivity contribution < 1.29 is 17.6 Å². The molecule has 1 amide bonds. The Kier molecular flexibility index (Phi) is 7.15. The Bertz CT molecular complexity index is 1120. The lowest BCUT2D eigenvalue weighted by molar-refractivity contribution is 0.0954. The van der Waals surface area contributed by atoms with E-state index in [0.29, 0.717) is 24.1 Å². The van der Waals surface area contributed by atoms with Crippen molar-refractivity contribution >= 4 is 27.5 Å². The Morgan fingerprint density at radius 2 is 1.83 bits per heavy atom. The summed E-state index contributed by atoms with van der Waals surface area (Å²) in [6.45, 7) is 0.469. The molecule has 0 aliphatic heterocycles. The number of carbonyl (C=O) groups excluding carboxylic acids is 1. The highest BCUT2D eigenvalue weighted by atomic mass is 35.5. The zero-order chi connectivity index (χ0) is 21.6. The molecule has 6 nitrogen and oxygen atoms in total. The van der Waals surface area contributed by atoms with Gasteiger partial charge in [-0.3, -0.25) is 9.78 Å². The second kappa shape index (κ2) is 9.80. The van der Waals surface area contributed by atoms with E-state index >= 15 is 0 Å². The Balaban J connectivity index is 1.53. The molecule has 1 heterocycles. The van der Waals surface area contributed by atoms with E-state index in [9.17, 15) is 17.6 Å². The van der Waals surface area contributed by atoms with Gasteiger partial charge in [-0.05, 0) is 48.0 Å². The number of halogens is 2. The van der Waals surface area contributed by atoms with Crippen LogP contribution in [0.1, 0.15) is 21.6 Å². The number of carbonyl (C=O) groups is 1. The van der Waals surface area contributed by atoms with Gasteiger partial charge in [0.25, 0.3) is 5.91 Å². The van der Waals surface area contributed by atoms with Crippen LogP contribution in [0, 0.1) is 5.82 Å². The third-order valence-corrected chi connectivity index (χ3v) is 5.97. The standard InChI is InChI=1S/C21H19ClFN3O3S/c22-19-13-18(8-9-20(19)23)30(28,29)26-14-15-4-6-16(7-5-15)21(27)25-12-10-17-3-1-2-11-24-17/h1-9,11,13,26H,10,12,14H2,(H,25,27). The van der Waals surface area contributed by atoms with Crippen LogP contribution in [0.15, 0.2) is 71.8 Å². The van der Waals surface area contributed by atoms with Crippen molar-refractivity contribution in [1.82, 2.24) is 15.0 Å². The molecular formula is C21H19ClFN3O3S. The number of pyridine rings is 1. The molecule has 0 bridgehead atoms. The third-order valence-electron chi connectivity index (χ3n) is 4.28. The number of sulfonamides is 1. The summed E-state index contributed by atoms with van der Waals surface area (Å²) in [6, 6.07) is 15.4. The predicted octanol–water partition coefficient (Wildman–Crippen LogP) is 3.33. The fourth-order valence-corrected chi connectivity index (χ4v) is 3.92. The number of amides is 1. The lowest BCUT2D eigenvalue weighted by Gasteiger charge is -2.09. The first-order valence-corrected chi connectivity index (χ1v) is 10.9. The van der Waals surface area contributed by atoms with E-state index < -0.39 is 15.8 Å². The highest BCUT2D eigenvalue weighted by molar-refractivity contribution is 7.89. The molecule has 0 aliphatic rings. The number of benzene rings is 2. The molecule has 0 unspecified atom stereocenters.